The molecule has 0 aliphatic heterocycles. The quantitative estimate of drug-likeness (QED) is 0.225. The van der Waals surface area contributed by atoms with Gasteiger partial charge in [-0.05, 0) is 57.0 Å². The maximum absolute atomic E-state index is 11.9. The highest BCUT2D eigenvalue weighted by Gasteiger charge is 2.16. The summed E-state index contributed by atoms with van der Waals surface area (Å²) in [5, 5.41) is 11.6. The van der Waals surface area contributed by atoms with Crippen molar-refractivity contribution in [1.82, 2.24) is 16.0 Å². The van der Waals surface area contributed by atoms with Crippen molar-refractivity contribution in [1.29, 1.82) is 0 Å². The lowest BCUT2D eigenvalue weighted by molar-refractivity contribution is -0.120. The molecule has 10 heteroatoms. The Balaban J connectivity index is 0.00000512. The van der Waals surface area contributed by atoms with Crippen LogP contribution in [0.15, 0.2) is 52.1 Å². The highest BCUT2D eigenvalue weighted by atomic mass is 127. The number of hydrogen-bond donors (Lipinski definition) is 4. The van der Waals surface area contributed by atoms with Gasteiger partial charge >= 0.3 is 6.09 Å². The topological polar surface area (TPSA) is 117 Å². The van der Waals surface area contributed by atoms with E-state index in [-0.39, 0.29) is 36.4 Å². The first kappa shape index (κ1) is 27.3. The lowest BCUT2D eigenvalue weighted by atomic mass is 10.1. The zero-order chi connectivity index (χ0) is 22.7. The monoisotopic (exact) mass is 557 g/mol. The number of benzene rings is 1. The molecule has 2 amide bonds. The number of rotatable bonds is 8. The standard InChI is InChI=1S/C22H31N5O4.HI/c1-22(2,3)31-21(29)27-17-9-7-16(8-10-17)11-12-24-20(23-4)26-15-19(28)25-14-18-6-5-13-30-18;/h5-10,13H,11-12,14-15H2,1-4H3,(H,25,28)(H,27,29)(H2,23,24,26);1H. The molecule has 0 unspecified atom stereocenters. The zero-order valence-electron chi connectivity index (χ0n) is 18.9. The molecule has 0 saturated carbocycles. The molecule has 0 aliphatic carbocycles. The lowest BCUT2D eigenvalue weighted by Crippen LogP contribution is -2.43. The normalized spacial score (nSPS) is 11.2. The minimum Gasteiger partial charge on any atom is -0.467 e. The van der Waals surface area contributed by atoms with E-state index in [0.29, 0.717) is 30.5 Å². The molecule has 9 nitrogen and oxygen atoms in total. The number of aliphatic imine (C=N–C) groups is 1. The molecule has 0 atom stereocenters. The van der Waals surface area contributed by atoms with Crippen molar-refractivity contribution in [3.05, 3.63) is 54.0 Å². The molecule has 1 aromatic heterocycles. The van der Waals surface area contributed by atoms with E-state index >= 15 is 0 Å². The molecule has 4 N–H and O–H groups in total. The van der Waals surface area contributed by atoms with Crippen LogP contribution in [0.2, 0.25) is 0 Å². The fraction of sp³-hybridized carbons (Fsp3) is 0.409. The molecule has 0 spiro atoms. The molecule has 32 heavy (non-hydrogen) atoms. The van der Waals surface area contributed by atoms with Crippen molar-refractivity contribution in [3.63, 3.8) is 0 Å². The minimum absolute atomic E-state index is 0. The maximum atomic E-state index is 11.9. The van der Waals surface area contributed by atoms with Gasteiger partial charge in [-0.1, -0.05) is 12.1 Å². The van der Waals surface area contributed by atoms with Gasteiger partial charge in [-0.3, -0.25) is 15.1 Å². The van der Waals surface area contributed by atoms with E-state index in [2.05, 4.69) is 26.3 Å². The third-order valence-electron chi connectivity index (χ3n) is 3.99. The average molecular weight is 557 g/mol. The number of carbonyl (C=O) groups excluding carboxylic acids is 2. The Morgan fingerprint density at radius 1 is 1.06 bits per heavy atom. The molecule has 0 aliphatic rings. The number of nitrogens with one attached hydrogen (secondary N) is 4. The first-order valence-electron chi connectivity index (χ1n) is 10.1. The number of halogens is 1. The van der Waals surface area contributed by atoms with Crippen LogP contribution >= 0.6 is 24.0 Å². The van der Waals surface area contributed by atoms with E-state index in [1.54, 1.807) is 25.4 Å². The van der Waals surface area contributed by atoms with Crippen LogP contribution in [0.3, 0.4) is 0 Å². The molecule has 1 aromatic carbocycles. The van der Waals surface area contributed by atoms with Crippen molar-refractivity contribution in [3.8, 4) is 0 Å². The second-order valence-corrected chi connectivity index (χ2v) is 7.78. The highest BCUT2D eigenvalue weighted by Crippen LogP contribution is 2.13. The summed E-state index contributed by atoms with van der Waals surface area (Å²) < 4.78 is 10.4. The van der Waals surface area contributed by atoms with Gasteiger partial charge in [0.25, 0.3) is 0 Å². The molecule has 0 bridgehead atoms. The number of ether oxygens (including phenoxy) is 1. The van der Waals surface area contributed by atoms with Crippen LogP contribution < -0.4 is 21.3 Å². The Labute approximate surface area is 205 Å². The molecule has 2 rings (SSSR count). The third-order valence-corrected chi connectivity index (χ3v) is 3.99. The number of hydrogen-bond acceptors (Lipinski definition) is 5. The minimum atomic E-state index is -0.539. The third kappa shape index (κ3) is 11.0. The van der Waals surface area contributed by atoms with Crippen molar-refractivity contribution in [2.75, 3.05) is 25.5 Å². The fourth-order valence-electron chi connectivity index (χ4n) is 2.55. The molecule has 176 valence electrons. The second kappa shape index (κ2) is 13.6. The Kier molecular flexibility index (Phi) is 11.6. The van der Waals surface area contributed by atoms with Crippen LogP contribution in [-0.2, 0) is 22.5 Å². The molecular formula is C22H32IN5O4. The van der Waals surface area contributed by atoms with Crippen molar-refractivity contribution in [2.24, 2.45) is 4.99 Å². The summed E-state index contributed by atoms with van der Waals surface area (Å²) in [5.41, 5.74) is 1.22. The fourth-order valence-corrected chi connectivity index (χ4v) is 2.55. The lowest BCUT2D eigenvalue weighted by Gasteiger charge is -2.19. The second-order valence-electron chi connectivity index (χ2n) is 7.78. The van der Waals surface area contributed by atoms with Crippen LogP contribution in [0.4, 0.5) is 10.5 Å². The summed E-state index contributed by atoms with van der Waals surface area (Å²) in [6.07, 6.45) is 1.83. The van der Waals surface area contributed by atoms with Gasteiger partial charge in [0.15, 0.2) is 5.96 Å². The van der Waals surface area contributed by atoms with Gasteiger partial charge in [-0.2, -0.15) is 0 Å². The number of amides is 2. The van der Waals surface area contributed by atoms with Crippen molar-refractivity contribution < 1.29 is 18.7 Å². The van der Waals surface area contributed by atoms with Crippen molar-refractivity contribution in [2.45, 2.75) is 39.3 Å². The number of furan rings is 1. The average Bonchev–Trinajstić information content (AvgIpc) is 3.22. The van der Waals surface area contributed by atoms with Gasteiger partial charge in [-0.25, -0.2) is 4.79 Å². The molecule has 1 heterocycles. The number of carbonyl (C=O) groups is 2. The predicted octanol–water partition coefficient (Wildman–Crippen LogP) is 3.27. The van der Waals surface area contributed by atoms with E-state index < -0.39 is 11.7 Å². The predicted molar refractivity (Wildman–Crippen MR) is 135 cm³/mol. The zero-order valence-corrected chi connectivity index (χ0v) is 21.2. The number of nitrogens with zero attached hydrogens (tertiary/aromatic N) is 1. The van der Waals surface area contributed by atoms with Crippen molar-refractivity contribution >= 4 is 47.6 Å². The van der Waals surface area contributed by atoms with Crippen LogP contribution in [0.25, 0.3) is 0 Å². The van der Waals surface area contributed by atoms with Crippen LogP contribution in [0.5, 0.6) is 0 Å². The Bertz CT molecular complexity index is 861. The molecule has 2 aromatic rings. The van der Waals surface area contributed by atoms with E-state index in [1.807, 2.05) is 45.0 Å². The van der Waals surface area contributed by atoms with E-state index in [1.165, 1.54) is 0 Å². The first-order chi connectivity index (χ1) is 14.7. The Hall–Kier alpha value is -2.76. The number of anilines is 1. The highest BCUT2D eigenvalue weighted by molar-refractivity contribution is 14.0. The largest absolute Gasteiger partial charge is 0.467 e. The molecule has 0 fully saturated rings. The van der Waals surface area contributed by atoms with Gasteiger partial charge in [-0.15, -0.1) is 24.0 Å². The Morgan fingerprint density at radius 2 is 1.78 bits per heavy atom. The van der Waals surface area contributed by atoms with E-state index in [0.717, 1.165) is 12.0 Å². The summed E-state index contributed by atoms with van der Waals surface area (Å²) in [6.45, 7) is 6.53. The van der Waals surface area contributed by atoms with E-state index in [4.69, 9.17) is 9.15 Å². The number of guanidine groups is 1. The Morgan fingerprint density at radius 3 is 2.38 bits per heavy atom. The summed E-state index contributed by atoms with van der Waals surface area (Å²) >= 11 is 0. The molecule has 0 saturated heterocycles. The van der Waals surface area contributed by atoms with Gasteiger partial charge in [0.05, 0.1) is 19.4 Å². The SMILES string of the molecule is CN=C(NCCc1ccc(NC(=O)OC(C)(C)C)cc1)NCC(=O)NCc1ccco1.I. The first-order valence-corrected chi connectivity index (χ1v) is 10.1. The maximum Gasteiger partial charge on any atom is 0.412 e. The van der Waals surface area contributed by atoms with Gasteiger partial charge in [0.1, 0.15) is 11.4 Å². The smallest absolute Gasteiger partial charge is 0.412 e. The molecular weight excluding hydrogens is 525 g/mol. The summed E-state index contributed by atoms with van der Waals surface area (Å²) in [4.78, 5) is 27.8. The van der Waals surface area contributed by atoms with Crippen LogP contribution in [-0.4, -0.2) is 43.7 Å². The van der Waals surface area contributed by atoms with Gasteiger partial charge < -0.3 is 25.1 Å². The van der Waals surface area contributed by atoms with E-state index in [9.17, 15) is 9.59 Å². The van der Waals surface area contributed by atoms with Gasteiger partial charge in [0.2, 0.25) is 5.91 Å². The van der Waals surface area contributed by atoms with Gasteiger partial charge in [0, 0.05) is 19.3 Å². The molecule has 0 radical (unpaired) electrons. The summed E-state index contributed by atoms with van der Waals surface area (Å²) in [6, 6.07) is 11.1. The summed E-state index contributed by atoms with van der Waals surface area (Å²) in [7, 11) is 1.65. The summed E-state index contributed by atoms with van der Waals surface area (Å²) in [5.74, 6) is 1.08. The van der Waals surface area contributed by atoms with Crippen LogP contribution in [0, 0.1) is 0 Å². The van der Waals surface area contributed by atoms with Crippen LogP contribution in [0.1, 0.15) is 32.1 Å².